The highest BCUT2D eigenvalue weighted by Gasteiger charge is 2.37. The van der Waals surface area contributed by atoms with Crippen molar-refractivity contribution in [1.29, 1.82) is 0 Å². The Morgan fingerprint density at radius 3 is 2.77 bits per heavy atom. The van der Waals surface area contributed by atoms with Gasteiger partial charge in [0.1, 0.15) is 11.5 Å². The van der Waals surface area contributed by atoms with Crippen molar-refractivity contribution in [2.45, 2.75) is 26.3 Å². The molecule has 6 nitrogen and oxygen atoms in total. The van der Waals surface area contributed by atoms with Gasteiger partial charge in [-0.1, -0.05) is 25.1 Å². The van der Waals surface area contributed by atoms with E-state index >= 15 is 0 Å². The minimum absolute atomic E-state index is 0.0510. The van der Waals surface area contributed by atoms with E-state index in [-0.39, 0.29) is 22.8 Å². The molecule has 26 heavy (non-hydrogen) atoms. The van der Waals surface area contributed by atoms with E-state index in [9.17, 15) is 19.5 Å². The number of nitrogens with zero attached hydrogens (tertiary/aromatic N) is 1. The Hall–Kier alpha value is -2.80. The Morgan fingerprint density at radius 2 is 2.08 bits per heavy atom. The van der Waals surface area contributed by atoms with Crippen LogP contribution in [0.3, 0.4) is 0 Å². The summed E-state index contributed by atoms with van der Waals surface area (Å²) in [5, 5.41) is 10.7. The molecule has 0 spiro atoms. The molecular weight excluding hydrogens is 354 g/mol. The molecule has 1 aromatic heterocycles. The summed E-state index contributed by atoms with van der Waals surface area (Å²) in [6.07, 6.45) is 2.21. The van der Waals surface area contributed by atoms with Crippen LogP contribution in [0.2, 0.25) is 0 Å². The number of carbonyl (C=O) groups is 3. The number of carboxylic acid groups (broad SMARTS) is 1. The van der Waals surface area contributed by atoms with Gasteiger partial charge in [-0.3, -0.25) is 14.5 Å². The first-order chi connectivity index (χ1) is 12.4. The number of hydrogen-bond donors (Lipinski definition) is 0. The predicted octanol–water partition coefficient (Wildman–Crippen LogP) is 3.14. The van der Waals surface area contributed by atoms with Crippen molar-refractivity contribution in [2.75, 3.05) is 0 Å². The van der Waals surface area contributed by atoms with E-state index < -0.39 is 5.97 Å². The molecular formula is C19H16NO5S-. The van der Waals surface area contributed by atoms with Gasteiger partial charge in [-0.2, -0.15) is 0 Å². The van der Waals surface area contributed by atoms with Crippen LogP contribution in [-0.2, 0) is 4.79 Å². The van der Waals surface area contributed by atoms with Crippen molar-refractivity contribution in [1.82, 2.24) is 4.90 Å². The van der Waals surface area contributed by atoms with Crippen LogP contribution in [0.5, 0.6) is 0 Å². The lowest BCUT2D eigenvalue weighted by Gasteiger charge is -2.19. The van der Waals surface area contributed by atoms with Gasteiger partial charge in [0.25, 0.3) is 11.1 Å². The van der Waals surface area contributed by atoms with Gasteiger partial charge in [0.15, 0.2) is 0 Å². The lowest BCUT2D eigenvalue weighted by atomic mass is 10.1. The molecule has 1 aliphatic rings. The monoisotopic (exact) mass is 370 g/mol. The van der Waals surface area contributed by atoms with Gasteiger partial charge in [-0.15, -0.1) is 0 Å². The highest BCUT2D eigenvalue weighted by molar-refractivity contribution is 8.18. The van der Waals surface area contributed by atoms with Crippen molar-refractivity contribution in [2.24, 2.45) is 0 Å². The molecule has 1 atom stereocenters. The summed E-state index contributed by atoms with van der Waals surface area (Å²) in [5.41, 5.74) is 0.634. The van der Waals surface area contributed by atoms with Crippen LogP contribution in [0.1, 0.15) is 36.4 Å². The number of aromatic carboxylic acids is 1. The van der Waals surface area contributed by atoms with Crippen molar-refractivity contribution < 1.29 is 23.9 Å². The third-order valence-electron chi connectivity index (χ3n) is 4.14. The SMILES string of the molecule is CC[C@@H](C)N1C(=O)S/C(=C/c2ccc(-c3cccc(C(=O)[O-])c3)o2)C1=O. The zero-order chi connectivity index (χ0) is 18.8. The second-order valence-electron chi connectivity index (χ2n) is 5.88. The van der Waals surface area contributed by atoms with Gasteiger partial charge in [0, 0.05) is 17.7 Å². The number of imide groups is 1. The Kier molecular flexibility index (Phi) is 4.99. The summed E-state index contributed by atoms with van der Waals surface area (Å²) in [6, 6.07) is 9.39. The number of thioether (sulfide) groups is 1. The van der Waals surface area contributed by atoms with E-state index in [1.807, 2.05) is 13.8 Å². The van der Waals surface area contributed by atoms with Gasteiger partial charge < -0.3 is 14.3 Å². The molecule has 1 aliphatic heterocycles. The number of amides is 2. The topological polar surface area (TPSA) is 90.7 Å². The van der Waals surface area contributed by atoms with Gasteiger partial charge in [0.05, 0.1) is 10.9 Å². The van der Waals surface area contributed by atoms with E-state index in [2.05, 4.69) is 0 Å². The molecule has 0 N–H and O–H groups in total. The van der Waals surface area contributed by atoms with Crippen molar-refractivity contribution in [3.63, 3.8) is 0 Å². The average molecular weight is 370 g/mol. The molecule has 1 aromatic carbocycles. The summed E-state index contributed by atoms with van der Waals surface area (Å²) in [5.74, 6) is -0.724. The highest BCUT2D eigenvalue weighted by atomic mass is 32.2. The highest BCUT2D eigenvalue weighted by Crippen LogP contribution is 2.35. The fourth-order valence-corrected chi connectivity index (χ4v) is 3.47. The van der Waals surface area contributed by atoms with E-state index in [1.54, 1.807) is 24.3 Å². The Bertz CT molecular complexity index is 914. The summed E-state index contributed by atoms with van der Waals surface area (Å²) in [4.78, 5) is 37.0. The lowest BCUT2D eigenvalue weighted by molar-refractivity contribution is -0.255. The van der Waals surface area contributed by atoms with E-state index in [0.717, 1.165) is 11.8 Å². The summed E-state index contributed by atoms with van der Waals surface area (Å²) in [7, 11) is 0. The smallest absolute Gasteiger partial charge is 0.293 e. The summed E-state index contributed by atoms with van der Waals surface area (Å²) in [6.45, 7) is 3.74. The van der Waals surface area contributed by atoms with Crippen LogP contribution < -0.4 is 5.11 Å². The van der Waals surface area contributed by atoms with Crippen LogP contribution in [0.4, 0.5) is 4.79 Å². The van der Waals surface area contributed by atoms with Crippen LogP contribution in [0.15, 0.2) is 45.7 Å². The molecule has 2 aromatic rings. The summed E-state index contributed by atoms with van der Waals surface area (Å²) < 4.78 is 5.69. The molecule has 7 heteroatoms. The molecule has 1 fully saturated rings. The maximum absolute atomic E-state index is 12.4. The number of rotatable bonds is 5. The fraction of sp³-hybridized carbons (Fsp3) is 0.211. The fourth-order valence-electron chi connectivity index (χ4n) is 2.56. The van der Waals surface area contributed by atoms with E-state index in [0.29, 0.717) is 28.4 Å². The van der Waals surface area contributed by atoms with Gasteiger partial charge in [-0.05, 0) is 48.9 Å². The number of carboxylic acids is 1. The van der Waals surface area contributed by atoms with Crippen LogP contribution in [-0.4, -0.2) is 28.1 Å². The lowest BCUT2D eigenvalue weighted by Crippen LogP contribution is -2.36. The van der Waals surface area contributed by atoms with Crippen LogP contribution in [0.25, 0.3) is 17.4 Å². The first-order valence-electron chi connectivity index (χ1n) is 8.09. The quantitative estimate of drug-likeness (QED) is 0.751. The zero-order valence-electron chi connectivity index (χ0n) is 14.2. The maximum Gasteiger partial charge on any atom is 0.293 e. The first-order valence-corrected chi connectivity index (χ1v) is 8.91. The molecule has 0 saturated carbocycles. The maximum atomic E-state index is 12.4. The number of hydrogen-bond acceptors (Lipinski definition) is 6. The Balaban J connectivity index is 1.86. The molecule has 1 saturated heterocycles. The second-order valence-corrected chi connectivity index (χ2v) is 6.87. The van der Waals surface area contributed by atoms with E-state index in [1.165, 1.54) is 23.1 Å². The summed E-state index contributed by atoms with van der Waals surface area (Å²) >= 11 is 0.884. The normalized spacial score (nSPS) is 17.2. The average Bonchev–Trinajstić information content (AvgIpc) is 3.19. The minimum atomic E-state index is -1.27. The number of furan rings is 1. The molecule has 0 bridgehead atoms. The molecule has 2 amide bonds. The van der Waals surface area contributed by atoms with Gasteiger partial charge in [-0.25, -0.2) is 0 Å². The van der Waals surface area contributed by atoms with Crippen molar-refractivity contribution >= 4 is 35.0 Å². The predicted molar refractivity (Wildman–Crippen MR) is 96.0 cm³/mol. The molecule has 0 radical (unpaired) electrons. The molecule has 0 aliphatic carbocycles. The zero-order valence-corrected chi connectivity index (χ0v) is 15.0. The largest absolute Gasteiger partial charge is 0.545 e. The first kappa shape index (κ1) is 18.0. The van der Waals surface area contributed by atoms with Gasteiger partial charge in [0.2, 0.25) is 0 Å². The van der Waals surface area contributed by atoms with E-state index in [4.69, 9.17) is 4.42 Å². The molecule has 2 heterocycles. The number of benzene rings is 1. The van der Waals surface area contributed by atoms with Gasteiger partial charge >= 0.3 is 0 Å². The second kappa shape index (κ2) is 7.21. The van der Waals surface area contributed by atoms with Crippen LogP contribution >= 0.6 is 11.8 Å². The molecule has 134 valence electrons. The Morgan fingerprint density at radius 1 is 1.31 bits per heavy atom. The Labute approximate surface area is 154 Å². The molecule has 0 unspecified atom stereocenters. The molecule has 3 rings (SSSR count). The third kappa shape index (κ3) is 3.43. The standard InChI is InChI=1S/C19H17NO5S/c1-3-11(2)20-17(21)16(26-19(20)24)10-14-7-8-15(25-14)12-5-4-6-13(9-12)18(22)23/h4-11H,3H2,1-2H3,(H,22,23)/p-1/b16-10+/t11-/m1/s1. The van der Waals surface area contributed by atoms with Crippen LogP contribution in [0, 0.1) is 0 Å². The van der Waals surface area contributed by atoms with Crippen molar-refractivity contribution in [3.05, 3.63) is 52.6 Å². The third-order valence-corrected chi connectivity index (χ3v) is 5.02. The minimum Gasteiger partial charge on any atom is -0.545 e. The number of carbonyl (C=O) groups excluding carboxylic acids is 3. The van der Waals surface area contributed by atoms with Crippen molar-refractivity contribution in [3.8, 4) is 11.3 Å².